The Bertz CT molecular complexity index is 1830. The number of carbonyl (C=O) groups excluding carboxylic acids is 2. The number of methoxy groups -OCH3 is 3. The van der Waals surface area contributed by atoms with Crippen molar-refractivity contribution in [2.24, 2.45) is 34.4 Å². The normalized spacial score (nSPS) is 29.8. The number of rotatable bonds is 20. The molecule has 354 valence electrons. The number of nitrogens with zero attached hydrogens (tertiary/aromatic N) is 3. The summed E-state index contributed by atoms with van der Waals surface area (Å²) in [5.74, 6) is 1.60. The van der Waals surface area contributed by atoms with Gasteiger partial charge in [-0.05, 0) is 93.7 Å². The molecule has 4 fully saturated rings. The van der Waals surface area contributed by atoms with Crippen LogP contribution in [-0.4, -0.2) is 163 Å². The van der Waals surface area contributed by atoms with Gasteiger partial charge in [-0.15, -0.1) is 0 Å². The van der Waals surface area contributed by atoms with Crippen LogP contribution in [0.1, 0.15) is 81.8 Å². The van der Waals surface area contributed by atoms with E-state index in [-0.39, 0.29) is 23.8 Å². The average Bonchev–Trinajstić information content (AvgIpc) is 4.14. The molecule has 0 radical (unpaired) electrons. The first-order valence-corrected chi connectivity index (χ1v) is 23.6. The summed E-state index contributed by atoms with van der Waals surface area (Å²) in [6, 6.07) is -0.317. The fraction of sp³-hybridized carbons (Fsp3) is 0.723. The number of nitrogens with one attached hydrogen (secondary N) is 4. The first-order valence-electron chi connectivity index (χ1n) is 23.6. The molecule has 2 aliphatic carbocycles. The molecule has 64 heavy (non-hydrogen) atoms. The number of nitrogens with two attached hydrogens (primary N) is 1. The van der Waals surface area contributed by atoms with Gasteiger partial charge in [0.2, 0.25) is 5.91 Å². The van der Waals surface area contributed by atoms with E-state index in [1.165, 1.54) is 18.9 Å². The molecule has 4 aliphatic heterocycles. The number of amides is 2. The Balaban J connectivity index is 1.07. The summed E-state index contributed by atoms with van der Waals surface area (Å²) >= 11 is 0. The highest BCUT2D eigenvalue weighted by molar-refractivity contribution is 6.30. The maximum atomic E-state index is 14.2. The zero-order valence-corrected chi connectivity index (χ0v) is 38.1. The Morgan fingerprint density at radius 1 is 0.984 bits per heavy atom. The maximum Gasteiger partial charge on any atom is 0.407 e. The van der Waals surface area contributed by atoms with E-state index in [0.717, 1.165) is 87.1 Å². The number of aliphatic imine (C=N–C) groups is 1. The molecule has 6 N–H and O–H groups in total. The summed E-state index contributed by atoms with van der Waals surface area (Å²) < 4.78 is 40.5. The number of alkyl carbamates (subject to hydrolysis) is 1. The predicted octanol–water partition coefficient (Wildman–Crippen LogP) is 4.16. The quantitative estimate of drug-likeness (QED) is 0.0922. The second-order valence-corrected chi connectivity index (χ2v) is 17.9. The fourth-order valence-corrected chi connectivity index (χ4v) is 10.6. The number of hydrogen-bond acceptors (Lipinski definition) is 14. The third kappa shape index (κ3) is 11.8. The van der Waals surface area contributed by atoms with Gasteiger partial charge in [-0.25, -0.2) is 9.78 Å². The van der Waals surface area contributed by atoms with Crippen LogP contribution in [0.2, 0.25) is 0 Å². The Labute approximate surface area is 378 Å². The highest BCUT2D eigenvalue weighted by Gasteiger charge is 2.42. The van der Waals surface area contributed by atoms with Gasteiger partial charge in [0.25, 0.3) is 0 Å². The van der Waals surface area contributed by atoms with Gasteiger partial charge in [0.05, 0.1) is 70.3 Å². The topological polar surface area (TPSA) is 217 Å². The van der Waals surface area contributed by atoms with Crippen molar-refractivity contribution >= 4 is 29.5 Å². The Kier molecular flexibility index (Phi) is 18.1. The lowest BCUT2D eigenvalue weighted by molar-refractivity contribution is -0.136. The van der Waals surface area contributed by atoms with Crippen molar-refractivity contribution < 1.29 is 42.7 Å². The first-order chi connectivity index (χ1) is 31.4. The van der Waals surface area contributed by atoms with Crippen LogP contribution in [0.5, 0.6) is 0 Å². The summed E-state index contributed by atoms with van der Waals surface area (Å²) in [5, 5.41) is 15.0. The van der Waals surface area contributed by atoms with Gasteiger partial charge >= 0.3 is 6.09 Å². The van der Waals surface area contributed by atoms with Crippen LogP contribution in [0.15, 0.2) is 40.6 Å². The molecule has 17 heteroatoms. The average molecular weight is 893 g/mol. The number of ether oxygens (including phenoxy) is 7. The summed E-state index contributed by atoms with van der Waals surface area (Å²) in [7, 11) is 4.63. The lowest BCUT2D eigenvalue weighted by atomic mass is 9.79. The highest BCUT2D eigenvalue weighted by atomic mass is 16.6. The molecule has 1 aromatic rings. The highest BCUT2D eigenvalue weighted by Crippen LogP contribution is 2.40. The van der Waals surface area contributed by atoms with E-state index in [1.54, 1.807) is 14.2 Å². The summed E-state index contributed by atoms with van der Waals surface area (Å²) in [6.45, 7) is 6.14. The van der Waals surface area contributed by atoms with Crippen LogP contribution in [0.25, 0.3) is 5.57 Å². The minimum absolute atomic E-state index is 0.0566. The third-order valence-corrected chi connectivity index (χ3v) is 14.2. The van der Waals surface area contributed by atoms with Crippen molar-refractivity contribution in [2.75, 3.05) is 93.8 Å². The predicted molar refractivity (Wildman–Crippen MR) is 242 cm³/mol. The number of H-pyrrole nitrogens is 1. The van der Waals surface area contributed by atoms with Crippen molar-refractivity contribution in [2.45, 2.75) is 101 Å². The molecule has 1 aromatic heterocycles. The zero-order valence-electron chi connectivity index (χ0n) is 38.1. The van der Waals surface area contributed by atoms with E-state index in [0.29, 0.717) is 102 Å². The molecule has 6 aliphatic rings. The van der Waals surface area contributed by atoms with Crippen molar-refractivity contribution in [3.05, 3.63) is 47.1 Å². The van der Waals surface area contributed by atoms with Gasteiger partial charge in [0.1, 0.15) is 24.1 Å². The van der Waals surface area contributed by atoms with Crippen LogP contribution >= 0.6 is 0 Å². The molecule has 7 rings (SSSR count). The van der Waals surface area contributed by atoms with Crippen LogP contribution in [0.4, 0.5) is 4.79 Å². The van der Waals surface area contributed by atoms with Crippen LogP contribution in [0.3, 0.4) is 0 Å². The van der Waals surface area contributed by atoms with Gasteiger partial charge in [-0.1, -0.05) is 18.2 Å². The third-order valence-electron chi connectivity index (χ3n) is 14.2. The van der Waals surface area contributed by atoms with E-state index in [9.17, 15) is 9.59 Å². The van der Waals surface area contributed by atoms with Gasteiger partial charge in [0, 0.05) is 76.3 Å². The number of hydrogen-bond donors (Lipinski definition) is 5. The lowest BCUT2D eigenvalue weighted by Gasteiger charge is -2.36. The van der Waals surface area contributed by atoms with E-state index < -0.39 is 24.3 Å². The summed E-state index contributed by atoms with van der Waals surface area (Å²) in [4.78, 5) is 42.0. The van der Waals surface area contributed by atoms with Crippen molar-refractivity contribution in [1.82, 2.24) is 25.5 Å². The number of aromatic nitrogens is 2. The molecular formula is C47H72N8O9. The molecule has 9 unspecified atom stereocenters. The lowest BCUT2D eigenvalue weighted by Crippen LogP contribution is -2.53. The van der Waals surface area contributed by atoms with Crippen molar-refractivity contribution in [3.63, 3.8) is 0 Å². The molecular weight excluding hydrogens is 821 g/mol. The van der Waals surface area contributed by atoms with Gasteiger partial charge in [-0.3, -0.25) is 9.79 Å². The minimum Gasteiger partial charge on any atom is -0.453 e. The number of allylic oxidation sites excluding steroid dienone is 3. The smallest absolute Gasteiger partial charge is 0.407 e. The molecule has 17 nitrogen and oxygen atoms in total. The van der Waals surface area contributed by atoms with Gasteiger partial charge in [-0.2, -0.15) is 0 Å². The Morgan fingerprint density at radius 2 is 1.73 bits per heavy atom. The fourth-order valence-electron chi connectivity index (χ4n) is 10.6. The monoisotopic (exact) mass is 893 g/mol. The molecule has 2 amide bonds. The van der Waals surface area contributed by atoms with E-state index in [1.807, 2.05) is 11.1 Å². The van der Waals surface area contributed by atoms with E-state index in [4.69, 9.17) is 54.3 Å². The van der Waals surface area contributed by atoms with Crippen molar-refractivity contribution in [3.8, 4) is 0 Å². The summed E-state index contributed by atoms with van der Waals surface area (Å²) in [5.41, 5.74) is 10.9. The number of imidazole rings is 1. The van der Waals surface area contributed by atoms with Crippen LogP contribution in [-0.2, 0) is 38.0 Å². The second kappa shape index (κ2) is 24.1. The number of carbonyl (C=O) groups is 2. The zero-order chi connectivity index (χ0) is 44.8. The van der Waals surface area contributed by atoms with Gasteiger partial charge < -0.3 is 64.8 Å². The molecule has 0 saturated carbocycles. The molecule has 9 atom stereocenters. The SMILES string of the molecule is COCCOC1C(C2=CCC(C(C=N)=NCC3CCC(C4COCCC4CN)N3)CC2)=CC=C(c2cnc(C3CCCN3C(=O)C(NC(=O)OC)C3CCOCC3)[nH]2)C1OCCOC. The molecule has 0 spiro atoms. The molecule has 0 bridgehead atoms. The first kappa shape index (κ1) is 48.1. The maximum absolute atomic E-state index is 14.2. The summed E-state index contributed by atoms with van der Waals surface area (Å²) in [6.07, 6.45) is 16.8. The molecule has 0 aromatic carbocycles. The number of likely N-dealkylation sites (tertiary alicyclic amines) is 1. The van der Waals surface area contributed by atoms with E-state index >= 15 is 0 Å². The van der Waals surface area contributed by atoms with E-state index in [2.05, 4.69) is 33.8 Å². The number of aromatic amines is 1. The Morgan fingerprint density at radius 3 is 2.44 bits per heavy atom. The van der Waals surface area contributed by atoms with Crippen LogP contribution in [0, 0.1) is 29.1 Å². The molecule has 4 saturated heterocycles. The standard InChI is InChI=1S/C47H72N8O9/c1-58-21-23-63-43-35(30-6-8-31(9-7-30)39(26-49)50-27-34-10-13-38(52-34)37-29-62-20-16-33(37)25-48)11-12-36(44(43)64-24-22-59-2)40-28-51-45(53-40)41-5-4-17-55(41)46(56)42(54-47(57)60-3)32-14-18-61-19-15-32/h6,11-12,26,28,31-34,37-38,41-44,49,52H,4-5,7-10,13-25,27,29,48H2,1-3H3,(H,51,53)(H,54,57). The van der Waals surface area contributed by atoms with Crippen molar-refractivity contribution in [1.29, 1.82) is 5.41 Å². The second-order valence-electron chi connectivity index (χ2n) is 17.9. The minimum atomic E-state index is -0.720. The molecule has 5 heterocycles. The Hall–Kier alpha value is -3.81. The van der Waals surface area contributed by atoms with Gasteiger partial charge in [0.15, 0.2) is 0 Å². The largest absolute Gasteiger partial charge is 0.453 e. The van der Waals surface area contributed by atoms with Crippen LogP contribution < -0.4 is 16.4 Å².